The highest BCUT2D eigenvalue weighted by Gasteiger charge is 2.50. The van der Waals surface area contributed by atoms with Gasteiger partial charge in [0.2, 0.25) is 0 Å². The third-order valence-electron chi connectivity index (χ3n) is 7.95. The van der Waals surface area contributed by atoms with Crippen LogP contribution in [0.25, 0.3) is 16.6 Å². The molecule has 0 spiro atoms. The first-order valence-corrected chi connectivity index (χ1v) is 13.6. The Hall–Kier alpha value is -3.76. The minimum atomic E-state index is -0.931. The van der Waals surface area contributed by atoms with E-state index in [1.165, 1.54) is 0 Å². The van der Waals surface area contributed by atoms with Gasteiger partial charge in [0.1, 0.15) is 11.6 Å². The van der Waals surface area contributed by atoms with Crippen LogP contribution in [0, 0.1) is 5.41 Å². The summed E-state index contributed by atoms with van der Waals surface area (Å²) in [5.41, 5.74) is 8.72. The molecule has 5 N–H and O–H groups in total. The zero-order chi connectivity index (χ0) is 27.6. The number of nitrogen functional groups attached to an aromatic ring is 1. The maximum absolute atomic E-state index is 12.1. The molecule has 1 aliphatic rings. The van der Waals surface area contributed by atoms with Crippen LogP contribution in [0.1, 0.15) is 63.0 Å². The fourth-order valence-corrected chi connectivity index (χ4v) is 5.58. The van der Waals surface area contributed by atoms with Gasteiger partial charge in [-0.3, -0.25) is 5.32 Å². The van der Waals surface area contributed by atoms with Gasteiger partial charge in [-0.05, 0) is 60.9 Å². The number of aliphatic hydroxyl groups excluding tert-OH is 2. The molecule has 0 saturated heterocycles. The van der Waals surface area contributed by atoms with E-state index in [0.29, 0.717) is 43.2 Å². The summed E-state index contributed by atoms with van der Waals surface area (Å²) in [7, 11) is 0. The number of anilines is 2. The first kappa shape index (κ1) is 26.8. The van der Waals surface area contributed by atoms with E-state index in [-0.39, 0.29) is 5.92 Å². The van der Waals surface area contributed by atoms with Gasteiger partial charge < -0.3 is 20.7 Å². The number of ether oxygens (including phenoxy) is 1. The number of carbonyl (C=O) groups excluding carboxylic acids is 1. The Labute approximate surface area is 227 Å². The summed E-state index contributed by atoms with van der Waals surface area (Å²) in [6, 6.07) is 11.4. The predicted molar refractivity (Wildman–Crippen MR) is 149 cm³/mol. The topological polar surface area (TPSA) is 148 Å². The van der Waals surface area contributed by atoms with Gasteiger partial charge in [-0.1, -0.05) is 38.8 Å². The number of aliphatic hydroxyl groups is 2. The summed E-state index contributed by atoms with van der Waals surface area (Å²) in [5, 5.41) is 30.1. The Morgan fingerprint density at radius 2 is 2.05 bits per heavy atom. The molecule has 1 fully saturated rings. The molecule has 10 nitrogen and oxygen atoms in total. The van der Waals surface area contributed by atoms with Gasteiger partial charge in [-0.15, -0.1) is 0 Å². The lowest BCUT2D eigenvalue weighted by molar-refractivity contribution is -0.0201. The van der Waals surface area contributed by atoms with E-state index >= 15 is 0 Å². The van der Waals surface area contributed by atoms with Gasteiger partial charge in [0.05, 0.1) is 30.5 Å². The molecular formula is C29H36N6O4. The maximum atomic E-state index is 12.1. The van der Waals surface area contributed by atoms with Crippen LogP contribution in [0.3, 0.4) is 0 Å². The summed E-state index contributed by atoms with van der Waals surface area (Å²) < 4.78 is 6.78. The maximum Gasteiger partial charge on any atom is 0.412 e. The van der Waals surface area contributed by atoms with Gasteiger partial charge in [-0.25, -0.2) is 14.8 Å². The number of pyridine rings is 1. The standard InChI is InChI=1S/C29H36N6O4/c1-3-4-5-14-39-28(38)34-24-9-8-19-7-6-18(15-22(19)33-24)10-12-29(2)16-20(25(36)26(29)37)21-17-32-35-23(30)11-13-31-27(21)35/h6-9,11,13,15,17,20,25-26,36-37H,3-5,10,12,14,16,30H2,1-2H3,(H,33,34,38)/t20-,25-,26-,29-/m0/s1. The number of aryl methyl sites for hydroxylation is 1. The third-order valence-corrected chi connectivity index (χ3v) is 7.95. The summed E-state index contributed by atoms with van der Waals surface area (Å²) in [6.07, 6.45) is 5.87. The molecule has 10 heteroatoms. The molecular weight excluding hydrogens is 496 g/mol. The second kappa shape index (κ2) is 11.2. The van der Waals surface area contributed by atoms with Gasteiger partial charge in [-0.2, -0.15) is 9.61 Å². The molecule has 4 aromatic rings. The van der Waals surface area contributed by atoms with Crippen LogP contribution in [0.4, 0.5) is 16.4 Å². The Morgan fingerprint density at radius 1 is 1.23 bits per heavy atom. The molecule has 4 atom stereocenters. The van der Waals surface area contributed by atoms with Crippen molar-refractivity contribution in [2.75, 3.05) is 17.7 Å². The van der Waals surface area contributed by atoms with Crippen molar-refractivity contribution in [3.63, 3.8) is 0 Å². The first-order chi connectivity index (χ1) is 18.8. The first-order valence-electron chi connectivity index (χ1n) is 13.6. The highest BCUT2D eigenvalue weighted by molar-refractivity contribution is 5.87. The number of unbranched alkanes of at least 4 members (excludes halogenated alkanes) is 2. The van der Waals surface area contributed by atoms with Crippen molar-refractivity contribution in [1.29, 1.82) is 0 Å². The number of nitrogens with zero attached hydrogens (tertiary/aromatic N) is 4. The summed E-state index contributed by atoms with van der Waals surface area (Å²) >= 11 is 0. The Bertz CT molecular complexity index is 1470. The van der Waals surface area contributed by atoms with Crippen molar-refractivity contribution in [2.24, 2.45) is 5.41 Å². The molecule has 0 unspecified atom stereocenters. The van der Waals surface area contributed by atoms with Crippen molar-refractivity contribution in [3.05, 3.63) is 59.9 Å². The second-order valence-corrected chi connectivity index (χ2v) is 10.8. The van der Waals surface area contributed by atoms with E-state index in [2.05, 4.69) is 33.4 Å². The lowest BCUT2D eigenvalue weighted by atomic mass is 9.79. The molecule has 5 rings (SSSR count). The quantitative estimate of drug-likeness (QED) is 0.231. The number of nitrogens with two attached hydrogens (primary N) is 1. The average molecular weight is 533 g/mol. The number of hydrogen-bond acceptors (Lipinski definition) is 8. The molecule has 1 aromatic carbocycles. The normalized spacial score (nSPS) is 22.9. The van der Waals surface area contributed by atoms with Crippen LogP contribution >= 0.6 is 0 Å². The van der Waals surface area contributed by atoms with Crippen molar-refractivity contribution >= 4 is 34.3 Å². The number of rotatable bonds is 9. The average Bonchev–Trinajstić information content (AvgIpc) is 3.46. The molecule has 1 aliphatic carbocycles. The van der Waals surface area contributed by atoms with E-state index in [0.717, 1.165) is 41.3 Å². The lowest BCUT2D eigenvalue weighted by Gasteiger charge is -2.28. The van der Waals surface area contributed by atoms with Crippen LogP contribution in [-0.2, 0) is 11.2 Å². The van der Waals surface area contributed by atoms with E-state index in [1.807, 2.05) is 25.1 Å². The number of fused-ring (bicyclic) bond motifs is 2. The predicted octanol–water partition coefficient (Wildman–Crippen LogP) is 4.45. The molecule has 3 aromatic heterocycles. The van der Waals surface area contributed by atoms with E-state index in [4.69, 9.17) is 10.5 Å². The van der Waals surface area contributed by atoms with E-state index in [9.17, 15) is 15.0 Å². The second-order valence-electron chi connectivity index (χ2n) is 10.8. The van der Waals surface area contributed by atoms with Crippen LogP contribution in [0.5, 0.6) is 0 Å². The molecule has 0 bridgehead atoms. The van der Waals surface area contributed by atoms with Crippen LogP contribution in [-0.4, -0.2) is 54.7 Å². The minimum absolute atomic E-state index is 0.301. The third kappa shape index (κ3) is 5.53. The largest absolute Gasteiger partial charge is 0.449 e. The van der Waals surface area contributed by atoms with Crippen LogP contribution in [0.15, 0.2) is 48.8 Å². The Kier molecular flexibility index (Phi) is 7.67. The molecule has 39 heavy (non-hydrogen) atoms. The summed E-state index contributed by atoms with van der Waals surface area (Å²) in [6.45, 7) is 4.50. The Morgan fingerprint density at radius 3 is 2.87 bits per heavy atom. The number of nitrogens with one attached hydrogen (secondary N) is 1. The monoisotopic (exact) mass is 532 g/mol. The van der Waals surface area contributed by atoms with E-state index in [1.54, 1.807) is 29.0 Å². The molecule has 1 saturated carbocycles. The molecule has 0 radical (unpaired) electrons. The molecule has 0 aliphatic heterocycles. The molecule has 206 valence electrons. The zero-order valence-corrected chi connectivity index (χ0v) is 22.4. The number of hydrogen-bond donors (Lipinski definition) is 4. The number of amides is 1. The Balaban J connectivity index is 1.26. The van der Waals surface area contributed by atoms with Crippen molar-refractivity contribution < 1.29 is 19.7 Å². The highest BCUT2D eigenvalue weighted by Crippen LogP contribution is 2.50. The van der Waals surface area contributed by atoms with Crippen LogP contribution in [0.2, 0.25) is 0 Å². The van der Waals surface area contributed by atoms with Crippen molar-refractivity contribution in [2.45, 2.75) is 70.5 Å². The fraction of sp³-hybridized carbons (Fsp3) is 0.448. The molecule has 3 heterocycles. The van der Waals surface area contributed by atoms with Gasteiger partial charge in [0.25, 0.3) is 0 Å². The number of benzene rings is 1. The summed E-state index contributed by atoms with van der Waals surface area (Å²) in [5.74, 6) is 0.603. The van der Waals surface area contributed by atoms with Gasteiger partial charge in [0.15, 0.2) is 5.65 Å². The minimum Gasteiger partial charge on any atom is -0.449 e. The summed E-state index contributed by atoms with van der Waals surface area (Å²) in [4.78, 5) is 21.1. The van der Waals surface area contributed by atoms with Crippen molar-refractivity contribution in [1.82, 2.24) is 19.6 Å². The van der Waals surface area contributed by atoms with E-state index < -0.39 is 23.7 Å². The number of aromatic nitrogens is 4. The zero-order valence-electron chi connectivity index (χ0n) is 22.4. The highest BCUT2D eigenvalue weighted by atomic mass is 16.5. The lowest BCUT2D eigenvalue weighted by Crippen LogP contribution is -2.34. The van der Waals surface area contributed by atoms with Crippen LogP contribution < -0.4 is 11.1 Å². The van der Waals surface area contributed by atoms with Gasteiger partial charge in [0, 0.05) is 23.1 Å². The molecule has 1 amide bonds. The SMILES string of the molecule is CCCCCOC(=O)Nc1ccc2ccc(CC[C@@]3(C)C[C@@H](c4cnn5c(N)ccnc45)[C@H](O)[C@@H]3O)cc2n1. The fourth-order valence-electron chi connectivity index (χ4n) is 5.58. The van der Waals surface area contributed by atoms with Gasteiger partial charge >= 0.3 is 6.09 Å². The van der Waals surface area contributed by atoms with Crippen molar-refractivity contribution in [3.8, 4) is 0 Å². The smallest absolute Gasteiger partial charge is 0.412 e. The number of carbonyl (C=O) groups is 1.